The average molecular weight is 359 g/mol. The van der Waals surface area contributed by atoms with Crippen LogP contribution < -0.4 is 9.47 Å². The average Bonchev–Trinajstić information content (AvgIpc) is 2.65. The predicted molar refractivity (Wildman–Crippen MR) is 109 cm³/mol. The zero-order valence-corrected chi connectivity index (χ0v) is 17.1. The van der Waals surface area contributed by atoms with E-state index in [1.807, 2.05) is 6.07 Å². The van der Waals surface area contributed by atoms with Gasteiger partial charge in [0.1, 0.15) is 0 Å². The highest BCUT2D eigenvalue weighted by Gasteiger charge is 2.38. The maximum absolute atomic E-state index is 5.50. The van der Waals surface area contributed by atoms with E-state index >= 15 is 0 Å². The molecule has 0 bridgehead atoms. The largest absolute Gasteiger partial charge is 0.493 e. The zero-order valence-electron chi connectivity index (χ0n) is 16.0. The SMILES string of the molecule is CCC(Cc1ccccc1)(C(P)c1ccc(OC)c(OC)c1)N(C)C. The fraction of sp³-hybridized carbons (Fsp3) is 0.429. The standard InChI is InChI=1S/C21H30NO2P/c1-6-21(22(2)3,15-16-10-8-7-9-11-16)20(25)17-12-13-18(23-4)19(14-17)24-5/h7-14,20H,6,15,25H2,1-5H3. The van der Waals surface area contributed by atoms with E-state index in [0.29, 0.717) is 0 Å². The van der Waals surface area contributed by atoms with Gasteiger partial charge in [0, 0.05) is 11.2 Å². The van der Waals surface area contributed by atoms with Gasteiger partial charge >= 0.3 is 0 Å². The van der Waals surface area contributed by atoms with Crippen LogP contribution in [0.4, 0.5) is 0 Å². The van der Waals surface area contributed by atoms with Gasteiger partial charge in [-0.15, -0.1) is 9.24 Å². The lowest BCUT2D eigenvalue weighted by Gasteiger charge is -2.45. The summed E-state index contributed by atoms with van der Waals surface area (Å²) in [7, 11) is 10.8. The van der Waals surface area contributed by atoms with E-state index in [0.717, 1.165) is 24.3 Å². The minimum Gasteiger partial charge on any atom is -0.493 e. The van der Waals surface area contributed by atoms with Crippen LogP contribution in [0.5, 0.6) is 11.5 Å². The van der Waals surface area contributed by atoms with Crippen LogP contribution in [0.3, 0.4) is 0 Å². The Bertz CT molecular complexity index is 675. The number of methoxy groups -OCH3 is 2. The Balaban J connectivity index is 2.43. The van der Waals surface area contributed by atoms with Crippen molar-refractivity contribution in [2.75, 3.05) is 28.3 Å². The molecule has 2 aromatic carbocycles. The highest BCUT2D eigenvalue weighted by atomic mass is 31.0. The minimum atomic E-state index is -0.00831. The molecule has 0 aliphatic rings. The number of hydrogen-bond donors (Lipinski definition) is 0. The molecule has 2 aromatic rings. The summed E-state index contributed by atoms with van der Waals surface area (Å²) in [6, 6.07) is 16.9. The van der Waals surface area contributed by atoms with E-state index in [1.54, 1.807) is 14.2 Å². The molecule has 0 amide bonds. The monoisotopic (exact) mass is 359 g/mol. The van der Waals surface area contributed by atoms with E-state index in [9.17, 15) is 0 Å². The zero-order chi connectivity index (χ0) is 18.4. The van der Waals surface area contributed by atoms with Crippen LogP contribution >= 0.6 is 9.24 Å². The van der Waals surface area contributed by atoms with Crippen molar-refractivity contribution < 1.29 is 9.47 Å². The number of hydrogen-bond acceptors (Lipinski definition) is 3. The van der Waals surface area contributed by atoms with Crippen LogP contribution in [0.15, 0.2) is 48.5 Å². The fourth-order valence-corrected chi connectivity index (χ4v) is 4.37. The number of rotatable bonds is 8. The third-order valence-corrected chi connectivity index (χ3v) is 6.21. The Morgan fingerprint density at radius 2 is 1.64 bits per heavy atom. The highest BCUT2D eigenvalue weighted by molar-refractivity contribution is 7.17. The maximum atomic E-state index is 5.50. The lowest BCUT2D eigenvalue weighted by Crippen LogP contribution is -2.49. The molecule has 0 aliphatic carbocycles. The Hall–Kier alpha value is -1.57. The van der Waals surface area contributed by atoms with E-state index < -0.39 is 0 Å². The molecule has 0 spiro atoms. The van der Waals surface area contributed by atoms with Crippen molar-refractivity contribution in [3.05, 3.63) is 59.7 Å². The van der Waals surface area contributed by atoms with E-state index in [-0.39, 0.29) is 11.2 Å². The Labute approximate surface area is 154 Å². The summed E-state index contributed by atoms with van der Waals surface area (Å²) < 4.78 is 10.9. The first-order valence-corrected chi connectivity index (χ1v) is 9.34. The molecule has 0 saturated heterocycles. The van der Waals surface area contributed by atoms with Gasteiger partial charge in [0.25, 0.3) is 0 Å². The topological polar surface area (TPSA) is 21.7 Å². The van der Waals surface area contributed by atoms with Gasteiger partial charge in [-0.3, -0.25) is 0 Å². The van der Waals surface area contributed by atoms with Crippen LogP contribution in [-0.4, -0.2) is 38.8 Å². The molecule has 0 saturated carbocycles. The van der Waals surface area contributed by atoms with Gasteiger partial charge in [0.05, 0.1) is 14.2 Å². The summed E-state index contributed by atoms with van der Waals surface area (Å²) >= 11 is 0. The summed E-state index contributed by atoms with van der Waals surface area (Å²) in [5.74, 6) is 1.54. The van der Waals surface area contributed by atoms with Gasteiger partial charge in [-0.2, -0.15) is 0 Å². The molecule has 0 radical (unpaired) electrons. The van der Waals surface area contributed by atoms with E-state index in [4.69, 9.17) is 9.47 Å². The van der Waals surface area contributed by atoms with Gasteiger partial charge < -0.3 is 14.4 Å². The molecule has 3 unspecified atom stereocenters. The van der Waals surface area contributed by atoms with E-state index in [2.05, 4.69) is 77.6 Å². The quantitative estimate of drug-likeness (QED) is 0.644. The normalized spacial score (nSPS) is 14.8. The van der Waals surface area contributed by atoms with Crippen molar-refractivity contribution in [3.8, 4) is 11.5 Å². The van der Waals surface area contributed by atoms with Crippen molar-refractivity contribution >= 4 is 9.24 Å². The van der Waals surface area contributed by atoms with Gasteiger partial charge in [0.2, 0.25) is 0 Å². The van der Waals surface area contributed by atoms with Crippen LogP contribution in [-0.2, 0) is 6.42 Å². The van der Waals surface area contributed by atoms with Crippen LogP contribution in [0.1, 0.15) is 30.1 Å². The minimum absolute atomic E-state index is 0.00831. The molecule has 3 atom stereocenters. The number of benzene rings is 2. The number of nitrogens with zero attached hydrogens (tertiary/aromatic N) is 1. The van der Waals surface area contributed by atoms with Crippen LogP contribution in [0.2, 0.25) is 0 Å². The second-order valence-corrected chi connectivity index (χ2v) is 7.27. The summed E-state index contributed by atoms with van der Waals surface area (Å²) in [5, 5.41) is 0. The Kier molecular flexibility index (Phi) is 6.87. The molecule has 4 heteroatoms. The van der Waals surface area contributed by atoms with Crippen LogP contribution in [0, 0.1) is 0 Å². The summed E-state index contributed by atoms with van der Waals surface area (Å²) in [4.78, 5) is 2.36. The first kappa shape index (κ1) is 19.8. The second-order valence-electron chi connectivity index (χ2n) is 6.61. The molecule has 0 fully saturated rings. The number of likely N-dealkylation sites (N-methyl/N-ethyl adjacent to an activating group) is 1. The summed E-state index contributed by atoms with van der Waals surface area (Å²) in [5.41, 5.74) is 2.83. The summed E-state index contributed by atoms with van der Waals surface area (Å²) in [6.07, 6.45) is 2.03. The van der Waals surface area contributed by atoms with Crippen molar-refractivity contribution in [1.29, 1.82) is 0 Å². The van der Waals surface area contributed by atoms with E-state index in [1.165, 1.54) is 11.1 Å². The number of ether oxygens (including phenoxy) is 2. The molecule has 0 heterocycles. The third kappa shape index (κ3) is 4.16. The van der Waals surface area contributed by atoms with Crippen LogP contribution in [0.25, 0.3) is 0 Å². The van der Waals surface area contributed by atoms with Crippen molar-refractivity contribution in [1.82, 2.24) is 4.90 Å². The summed E-state index contributed by atoms with van der Waals surface area (Å²) in [6.45, 7) is 2.26. The van der Waals surface area contributed by atoms with Gasteiger partial charge in [-0.1, -0.05) is 43.3 Å². The Morgan fingerprint density at radius 1 is 1.00 bits per heavy atom. The highest BCUT2D eigenvalue weighted by Crippen LogP contribution is 2.44. The van der Waals surface area contributed by atoms with Crippen molar-refractivity contribution in [3.63, 3.8) is 0 Å². The second kappa shape index (κ2) is 8.69. The first-order valence-electron chi connectivity index (χ1n) is 8.67. The van der Waals surface area contributed by atoms with Gasteiger partial charge in [0.15, 0.2) is 11.5 Å². The lowest BCUT2D eigenvalue weighted by molar-refractivity contribution is 0.139. The Morgan fingerprint density at radius 3 is 2.16 bits per heavy atom. The molecule has 0 aliphatic heterocycles. The fourth-order valence-electron chi connectivity index (χ4n) is 3.51. The first-order chi connectivity index (χ1) is 12.0. The molecule has 25 heavy (non-hydrogen) atoms. The van der Waals surface area contributed by atoms with Crippen molar-refractivity contribution in [2.45, 2.75) is 31.0 Å². The predicted octanol–water partition coefficient (Wildman–Crippen LogP) is 4.57. The van der Waals surface area contributed by atoms with Gasteiger partial charge in [-0.05, 0) is 50.2 Å². The molecule has 3 nitrogen and oxygen atoms in total. The molecule has 2 rings (SSSR count). The molecule has 0 N–H and O–H groups in total. The van der Waals surface area contributed by atoms with Crippen molar-refractivity contribution in [2.24, 2.45) is 0 Å². The van der Waals surface area contributed by atoms with Gasteiger partial charge in [-0.25, -0.2) is 0 Å². The lowest BCUT2D eigenvalue weighted by atomic mass is 9.80. The molecule has 136 valence electrons. The third-order valence-electron chi connectivity index (χ3n) is 5.20. The molecular weight excluding hydrogens is 329 g/mol. The smallest absolute Gasteiger partial charge is 0.161 e. The maximum Gasteiger partial charge on any atom is 0.161 e. The molecule has 0 aromatic heterocycles. The molecular formula is C21H30NO2P.